The van der Waals surface area contributed by atoms with Gasteiger partial charge in [-0.3, -0.25) is 5.43 Å². The van der Waals surface area contributed by atoms with Crippen molar-refractivity contribution in [3.63, 3.8) is 0 Å². The van der Waals surface area contributed by atoms with Gasteiger partial charge in [0.1, 0.15) is 5.71 Å². The largest absolute Gasteiger partial charge is 0.479 e. The van der Waals surface area contributed by atoms with E-state index in [2.05, 4.69) is 5.10 Å². The predicted molar refractivity (Wildman–Crippen MR) is 37.3 cm³/mol. The van der Waals surface area contributed by atoms with Gasteiger partial charge in [-0.05, 0) is 6.92 Å². The summed E-state index contributed by atoms with van der Waals surface area (Å²) in [7, 11) is 0. The van der Waals surface area contributed by atoms with Gasteiger partial charge in [0.2, 0.25) is 0 Å². The molecule has 0 aliphatic carbocycles. The molecule has 1 aliphatic rings. The average molecular weight is 196 g/mol. The number of carboxylic acids is 1. The second kappa shape index (κ2) is 2.61. The van der Waals surface area contributed by atoms with Crippen LogP contribution in [-0.4, -0.2) is 28.5 Å². The Morgan fingerprint density at radius 1 is 1.69 bits per heavy atom. The highest BCUT2D eigenvalue weighted by molar-refractivity contribution is 5.97. The van der Waals surface area contributed by atoms with E-state index < -0.39 is 29.8 Å². The van der Waals surface area contributed by atoms with Crippen LogP contribution >= 0.6 is 0 Å². The molecule has 2 N–H and O–H groups in total. The molecule has 0 radical (unpaired) electrons. The van der Waals surface area contributed by atoms with Crippen LogP contribution in [0.2, 0.25) is 0 Å². The fourth-order valence-electron chi connectivity index (χ4n) is 0.892. The van der Waals surface area contributed by atoms with Gasteiger partial charge in [0.25, 0.3) is 0 Å². The Labute approximate surface area is 71.4 Å². The van der Waals surface area contributed by atoms with Crippen molar-refractivity contribution in [1.82, 2.24) is 5.43 Å². The molecule has 1 heterocycles. The molecule has 0 aromatic heterocycles. The van der Waals surface area contributed by atoms with Crippen LogP contribution in [0, 0.1) is 0 Å². The highest BCUT2D eigenvalue weighted by Gasteiger charge is 2.48. The second-order valence-corrected chi connectivity index (χ2v) is 2.98. The van der Waals surface area contributed by atoms with E-state index in [0.29, 0.717) is 0 Å². The minimum Gasteiger partial charge on any atom is -0.479 e. The Morgan fingerprint density at radius 3 is 2.46 bits per heavy atom. The zero-order valence-electron chi connectivity index (χ0n) is 6.64. The van der Waals surface area contributed by atoms with Gasteiger partial charge in [-0.1, -0.05) is 0 Å². The molecular weight excluding hydrogens is 189 g/mol. The number of carboxylic acid groups (broad SMARTS) is 1. The summed E-state index contributed by atoms with van der Waals surface area (Å²) in [5.41, 5.74) is -0.762. The van der Waals surface area contributed by atoms with E-state index in [4.69, 9.17) is 5.11 Å². The monoisotopic (exact) mass is 196 g/mol. The average Bonchev–Trinajstić information content (AvgIpc) is 2.31. The van der Waals surface area contributed by atoms with Gasteiger partial charge in [0.05, 0.1) is 0 Å². The molecule has 13 heavy (non-hydrogen) atoms. The zero-order valence-corrected chi connectivity index (χ0v) is 6.64. The van der Waals surface area contributed by atoms with Crippen molar-refractivity contribution < 1.29 is 23.1 Å². The Bertz CT molecular complexity index is 274. The smallest absolute Gasteiger partial charge is 0.431 e. The van der Waals surface area contributed by atoms with Crippen LogP contribution in [-0.2, 0) is 4.79 Å². The lowest BCUT2D eigenvalue weighted by atomic mass is 9.97. The zero-order chi connectivity index (χ0) is 10.3. The third-order valence-electron chi connectivity index (χ3n) is 1.76. The quantitative estimate of drug-likeness (QED) is 0.650. The van der Waals surface area contributed by atoms with Crippen LogP contribution in [0.25, 0.3) is 0 Å². The number of nitrogens with one attached hydrogen (secondary N) is 1. The molecule has 0 spiro atoms. The number of halogens is 3. The standard InChI is InChI=1S/C6H7F3N2O2/c1-5(4(12)13)2-3(10-11-5)6(7,8)9/h11H,2H2,1H3,(H,12,13). The lowest BCUT2D eigenvalue weighted by molar-refractivity contribution is -0.143. The first-order valence-electron chi connectivity index (χ1n) is 3.40. The maximum atomic E-state index is 12.0. The van der Waals surface area contributed by atoms with Gasteiger partial charge >= 0.3 is 12.1 Å². The molecule has 1 aliphatic heterocycles. The maximum absolute atomic E-state index is 12.0. The maximum Gasteiger partial charge on any atom is 0.431 e. The van der Waals surface area contributed by atoms with Crippen LogP contribution < -0.4 is 5.43 Å². The topological polar surface area (TPSA) is 61.7 Å². The summed E-state index contributed by atoms with van der Waals surface area (Å²) in [6, 6.07) is 0. The van der Waals surface area contributed by atoms with E-state index in [1.54, 1.807) is 0 Å². The molecule has 0 aromatic rings. The molecular formula is C6H7F3N2O2. The number of alkyl halides is 3. The lowest BCUT2D eigenvalue weighted by Gasteiger charge is -2.17. The van der Waals surface area contributed by atoms with Crippen LogP contribution in [0.3, 0.4) is 0 Å². The van der Waals surface area contributed by atoms with Crippen molar-refractivity contribution in [2.75, 3.05) is 0 Å². The highest BCUT2D eigenvalue weighted by atomic mass is 19.4. The molecule has 0 aromatic carbocycles. The van der Waals surface area contributed by atoms with E-state index in [1.165, 1.54) is 0 Å². The molecule has 0 bridgehead atoms. The molecule has 0 saturated heterocycles. The summed E-state index contributed by atoms with van der Waals surface area (Å²) >= 11 is 0. The van der Waals surface area contributed by atoms with E-state index >= 15 is 0 Å². The van der Waals surface area contributed by atoms with Crippen LogP contribution in [0.1, 0.15) is 13.3 Å². The molecule has 1 atom stereocenters. The summed E-state index contributed by atoms with van der Waals surface area (Å²) in [5.74, 6) is -1.35. The molecule has 0 amide bonds. The van der Waals surface area contributed by atoms with Gasteiger partial charge in [0.15, 0.2) is 5.54 Å². The van der Waals surface area contributed by atoms with Crippen LogP contribution in [0.5, 0.6) is 0 Å². The van der Waals surface area contributed by atoms with Gasteiger partial charge in [-0.15, -0.1) is 0 Å². The second-order valence-electron chi connectivity index (χ2n) is 2.98. The SMILES string of the molecule is CC1(C(=O)O)CC(C(F)(F)F)=NN1. The summed E-state index contributed by atoms with van der Waals surface area (Å²) < 4.78 is 36.0. The van der Waals surface area contributed by atoms with Gasteiger partial charge in [-0.2, -0.15) is 18.3 Å². The molecule has 7 heteroatoms. The molecule has 4 nitrogen and oxygen atoms in total. The van der Waals surface area contributed by atoms with Crippen molar-refractivity contribution in [3.8, 4) is 0 Å². The van der Waals surface area contributed by atoms with Crippen molar-refractivity contribution in [1.29, 1.82) is 0 Å². The number of nitrogens with zero attached hydrogens (tertiary/aromatic N) is 1. The highest BCUT2D eigenvalue weighted by Crippen LogP contribution is 2.27. The normalized spacial score (nSPS) is 28.2. The Morgan fingerprint density at radius 2 is 2.23 bits per heavy atom. The number of hydrogen-bond donors (Lipinski definition) is 2. The van der Waals surface area contributed by atoms with Crippen molar-refractivity contribution in [3.05, 3.63) is 0 Å². The Balaban J connectivity index is 2.77. The number of rotatable bonds is 1. The van der Waals surface area contributed by atoms with Gasteiger partial charge < -0.3 is 5.11 Å². The van der Waals surface area contributed by atoms with E-state index in [-0.39, 0.29) is 0 Å². The molecule has 74 valence electrons. The number of hydrogen-bond acceptors (Lipinski definition) is 3. The summed E-state index contributed by atoms with van der Waals surface area (Å²) in [6.07, 6.45) is -5.20. The first kappa shape index (κ1) is 9.82. The van der Waals surface area contributed by atoms with Crippen molar-refractivity contribution in [2.45, 2.75) is 25.1 Å². The molecule has 1 unspecified atom stereocenters. The third kappa shape index (κ3) is 1.73. The third-order valence-corrected chi connectivity index (χ3v) is 1.76. The minimum absolute atomic E-state index is 0.647. The Kier molecular flexibility index (Phi) is 1.97. The van der Waals surface area contributed by atoms with Crippen molar-refractivity contribution >= 4 is 11.7 Å². The van der Waals surface area contributed by atoms with E-state index in [0.717, 1.165) is 6.92 Å². The van der Waals surface area contributed by atoms with Crippen LogP contribution in [0.15, 0.2) is 5.10 Å². The first-order chi connectivity index (χ1) is 5.76. The lowest BCUT2D eigenvalue weighted by Crippen LogP contribution is -2.44. The fourth-order valence-corrected chi connectivity index (χ4v) is 0.892. The first-order valence-corrected chi connectivity index (χ1v) is 3.40. The fraction of sp³-hybridized carbons (Fsp3) is 0.667. The van der Waals surface area contributed by atoms with Crippen molar-refractivity contribution in [2.24, 2.45) is 5.10 Å². The summed E-state index contributed by atoms with van der Waals surface area (Å²) in [5, 5.41) is 11.5. The van der Waals surface area contributed by atoms with Gasteiger partial charge in [-0.25, -0.2) is 4.79 Å². The number of hydrazone groups is 1. The summed E-state index contributed by atoms with van der Waals surface area (Å²) in [6.45, 7) is 1.15. The molecule has 0 fully saturated rings. The minimum atomic E-state index is -4.56. The predicted octanol–water partition coefficient (Wildman–Crippen LogP) is 0.741. The molecule has 0 saturated carbocycles. The summed E-state index contributed by atoms with van der Waals surface area (Å²) in [4.78, 5) is 10.5. The number of carbonyl (C=O) groups is 1. The van der Waals surface area contributed by atoms with Gasteiger partial charge in [0, 0.05) is 6.42 Å². The number of aliphatic carboxylic acids is 1. The molecule has 1 rings (SSSR count). The van der Waals surface area contributed by atoms with E-state index in [9.17, 15) is 18.0 Å². The van der Waals surface area contributed by atoms with Crippen LogP contribution in [0.4, 0.5) is 13.2 Å². The van der Waals surface area contributed by atoms with E-state index in [1.807, 2.05) is 5.43 Å². The Hall–Kier alpha value is -1.27.